The summed E-state index contributed by atoms with van der Waals surface area (Å²) in [6.07, 6.45) is 6.33. The third-order valence-electron chi connectivity index (χ3n) is 11.6. The molecule has 0 unspecified atom stereocenters. The van der Waals surface area contributed by atoms with Gasteiger partial charge in [0.2, 0.25) is 0 Å². The Balaban J connectivity index is 1.16. The third kappa shape index (κ3) is 3.76. The van der Waals surface area contributed by atoms with Gasteiger partial charge in [-0.25, -0.2) is 0 Å². The quantitative estimate of drug-likeness (QED) is 0.204. The minimum Gasteiger partial charge on any atom is -0.379 e. The molecule has 2 heterocycles. The lowest BCUT2D eigenvalue weighted by Gasteiger charge is -2.20. The predicted octanol–water partition coefficient (Wildman–Crippen LogP) is 13.3. The number of benzene rings is 8. The average Bonchev–Trinajstić information content (AvgIpc) is 3.72. The molecule has 2 aliphatic carbocycles. The summed E-state index contributed by atoms with van der Waals surface area (Å²) in [6.45, 7) is 0.807. The summed E-state index contributed by atoms with van der Waals surface area (Å²) in [5.74, 6) is 0. The van der Waals surface area contributed by atoms with Crippen molar-refractivity contribution < 1.29 is 0 Å². The molecule has 8 aromatic carbocycles. The van der Waals surface area contributed by atoms with Crippen LogP contribution in [0.25, 0.3) is 116 Å². The molecule has 3 aliphatic rings. The number of anilines is 1. The molecule has 240 valence electrons. The second-order valence-electron chi connectivity index (χ2n) is 14.2. The van der Waals surface area contributed by atoms with Crippen LogP contribution in [0.2, 0.25) is 0 Å². The summed E-state index contributed by atoms with van der Waals surface area (Å²) in [5.41, 5.74) is 21.1. The van der Waals surface area contributed by atoms with Gasteiger partial charge in [0.15, 0.2) is 0 Å². The Morgan fingerprint density at radius 3 is 1.46 bits per heavy atom. The van der Waals surface area contributed by atoms with Gasteiger partial charge in [-0.1, -0.05) is 127 Å². The van der Waals surface area contributed by atoms with E-state index in [4.69, 9.17) is 4.98 Å². The largest absolute Gasteiger partial charge is 0.379 e. The molecule has 0 saturated carbocycles. The van der Waals surface area contributed by atoms with Gasteiger partial charge < -0.3 is 5.32 Å². The summed E-state index contributed by atoms with van der Waals surface area (Å²) in [7, 11) is 0. The van der Waals surface area contributed by atoms with Crippen molar-refractivity contribution in [3.63, 3.8) is 0 Å². The Bertz CT molecular complexity index is 2860. The zero-order chi connectivity index (χ0) is 33.9. The van der Waals surface area contributed by atoms with Crippen molar-refractivity contribution in [1.29, 1.82) is 0 Å². The van der Waals surface area contributed by atoms with E-state index < -0.39 is 0 Å². The molecule has 12 rings (SSSR count). The fourth-order valence-electron chi connectivity index (χ4n) is 9.38. The normalized spacial score (nSPS) is 13.0. The lowest BCUT2D eigenvalue weighted by atomic mass is 9.87. The molecule has 1 aromatic heterocycles. The van der Waals surface area contributed by atoms with Gasteiger partial charge in [0.25, 0.3) is 0 Å². The maximum absolute atomic E-state index is 4.92. The Labute approximate surface area is 301 Å². The van der Waals surface area contributed by atoms with Crippen LogP contribution in [0.1, 0.15) is 5.56 Å². The molecule has 0 amide bonds. The molecule has 0 radical (unpaired) electrons. The molecule has 2 heteroatoms. The number of hydrogen-bond acceptors (Lipinski definition) is 2. The van der Waals surface area contributed by atoms with E-state index in [-0.39, 0.29) is 0 Å². The van der Waals surface area contributed by atoms with E-state index in [1.54, 1.807) is 0 Å². The first-order valence-corrected chi connectivity index (χ1v) is 18.1. The van der Waals surface area contributed by atoms with Gasteiger partial charge in [-0.2, -0.15) is 0 Å². The SMILES string of the molecule is C1=Cc2cc(-c3cc(-c4ccc5c6c(cccc46)-c4ccccc4-5)cc(-c4ccc5c6c(cccc46)-c4ccccc4-5)c3)c3cccnc3c2NC1. The standard InChI is InChI=1S/C50H30N2/c1-3-12-37-35(10-1)41-16-5-14-39-33(19-21-43(37)47(39)41)30-25-31(34-20-22-44-38-13-4-2-11-36(38)42-17-6-15-40(34)48(42)44)27-32(26-30)46-28-29-9-7-23-51-49(29)50-45(46)18-8-24-52-50/h1-22,24-28,51H,23H2. The summed E-state index contributed by atoms with van der Waals surface area (Å²) >= 11 is 0. The van der Waals surface area contributed by atoms with Crippen molar-refractivity contribution in [3.8, 4) is 77.9 Å². The highest BCUT2D eigenvalue weighted by molar-refractivity contribution is 6.21. The molecule has 0 fully saturated rings. The number of hydrogen-bond donors (Lipinski definition) is 1. The van der Waals surface area contributed by atoms with Gasteiger partial charge in [-0.05, 0) is 130 Å². The molecule has 1 aliphatic heterocycles. The molecule has 0 spiro atoms. The molecule has 2 nitrogen and oxygen atoms in total. The fraction of sp³-hybridized carbons (Fsp3) is 0.0200. The van der Waals surface area contributed by atoms with Crippen LogP contribution in [0.15, 0.2) is 158 Å². The monoisotopic (exact) mass is 658 g/mol. The maximum atomic E-state index is 4.92. The minimum absolute atomic E-state index is 0.807. The first kappa shape index (κ1) is 28.0. The van der Waals surface area contributed by atoms with E-state index >= 15 is 0 Å². The van der Waals surface area contributed by atoms with Gasteiger partial charge in [0, 0.05) is 23.7 Å². The zero-order valence-corrected chi connectivity index (χ0v) is 28.2. The topological polar surface area (TPSA) is 24.9 Å². The van der Waals surface area contributed by atoms with Crippen LogP contribution in [-0.2, 0) is 0 Å². The van der Waals surface area contributed by atoms with Crippen molar-refractivity contribution in [1.82, 2.24) is 4.98 Å². The van der Waals surface area contributed by atoms with E-state index in [1.165, 1.54) is 105 Å². The fourth-order valence-corrected chi connectivity index (χ4v) is 9.38. The van der Waals surface area contributed by atoms with Gasteiger partial charge in [0.1, 0.15) is 0 Å². The summed E-state index contributed by atoms with van der Waals surface area (Å²) < 4.78 is 0. The number of aromatic nitrogens is 1. The van der Waals surface area contributed by atoms with Crippen LogP contribution in [0.5, 0.6) is 0 Å². The number of pyridine rings is 1. The average molecular weight is 659 g/mol. The van der Waals surface area contributed by atoms with Crippen molar-refractivity contribution in [2.24, 2.45) is 0 Å². The number of fused-ring (bicyclic) bond motifs is 9. The van der Waals surface area contributed by atoms with Gasteiger partial charge in [-0.3, -0.25) is 4.98 Å². The molecule has 0 atom stereocenters. The molecular formula is C50H30N2. The Morgan fingerprint density at radius 2 is 0.885 bits per heavy atom. The number of nitrogens with one attached hydrogen (secondary N) is 1. The first-order chi connectivity index (χ1) is 25.8. The smallest absolute Gasteiger partial charge is 0.0945 e. The van der Waals surface area contributed by atoms with Crippen LogP contribution in [0.4, 0.5) is 5.69 Å². The molecule has 0 saturated heterocycles. The highest BCUT2D eigenvalue weighted by Gasteiger charge is 2.25. The van der Waals surface area contributed by atoms with E-state index in [2.05, 4.69) is 163 Å². The lowest BCUT2D eigenvalue weighted by molar-refractivity contribution is 1.30. The van der Waals surface area contributed by atoms with Crippen molar-refractivity contribution in [2.45, 2.75) is 0 Å². The highest BCUT2D eigenvalue weighted by atomic mass is 14.9. The maximum Gasteiger partial charge on any atom is 0.0945 e. The van der Waals surface area contributed by atoms with Gasteiger partial charge in [-0.15, -0.1) is 0 Å². The zero-order valence-electron chi connectivity index (χ0n) is 28.2. The second kappa shape index (κ2) is 10.4. The molecule has 0 bridgehead atoms. The van der Waals surface area contributed by atoms with Gasteiger partial charge >= 0.3 is 0 Å². The van der Waals surface area contributed by atoms with E-state index in [9.17, 15) is 0 Å². The van der Waals surface area contributed by atoms with Crippen LogP contribution in [0, 0.1) is 0 Å². The van der Waals surface area contributed by atoms with Crippen molar-refractivity contribution in [2.75, 3.05) is 11.9 Å². The third-order valence-corrected chi connectivity index (χ3v) is 11.6. The van der Waals surface area contributed by atoms with Crippen LogP contribution in [0.3, 0.4) is 0 Å². The highest BCUT2D eigenvalue weighted by Crippen LogP contribution is 2.52. The molecule has 9 aromatic rings. The summed E-state index contributed by atoms with van der Waals surface area (Å²) in [6, 6.07) is 54.5. The van der Waals surface area contributed by atoms with Crippen LogP contribution in [-0.4, -0.2) is 11.5 Å². The Hall–Kier alpha value is -6.77. The van der Waals surface area contributed by atoms with E-state index in [0.717, 1.165) is 23.1 Å². The van der Waals surface area contributed by atoms with Crippen LogP contribution >= 0.6 is 0 Å². The van der Waals surface area contributed by atoms with Gasteiger partial charge in [0.05, 0.1) is 11.2 Å². The predicted molar refractivity (Wildman–Crippen MR) is 219 cm³/mol. The molecular weight excluding hydrogens is 629 g/mol. The number of rotatable bonds is 3. The van der Waals surface area contributed by atoms with Crippen molar-refractivity contribution in [3.05, 3.63) is 163 Å². The lowest BCUT2D eigenvalue weighted by Crippen LogP contribution is -2.06. The molecule has 1 N–H and O–H groups in total. The minimum atomic E-state index is 0.807. The van der Waals surface area contributed by atoms with E-state index in [1.807, 2.05) is 6.20 Å². The summed E-state index contributed by atoms with van der Waals surface area (Å²) in [4.78, 5) is 4.92. The number of nitrogens with zero attached hydrogens (tertiary/aromatic N) is 1. The second-order valence-corrected chi connectivity index (χ2v) is 14.2. The molecule has 52 heavy (non-hydrogen) atoms. The first-order valence-electron chi connectivity index (χ1n) is 18.1. The summed E-state index contributed by atoms with van der Waals surface area (Å²) in [5, 5.41) is 10.0. The van der Waals surface area contributed by atoms with E-state index in [0.29, 0.717) is 0 Å². The van der Waals surface area contributed by atoms with Crippen LogP contribution < -0.4 is 5.32 Å². The van der Waals surface area contributed by atoms with Crippen molar-refractivity contribution >= 4 is 44.2 Å². The Morgan fingerprint density at radius 1 is 0.404 bits per heavy atom. The Kier molecular flexibility index (Phi) is 5.59.